The molecule has 2 atom stereocenters. The third-order valence-electron chi connectivity index (χ3n) is 6.89. The van der Waals surface area contributed by atoms with Crippen LogP contribution < -0.4 is 10.6 Å². The smallest absolute Gasteiger partial charge is 0.271 e. The standard InChI is InChI=1S/C27H31N5O3S2/c1-2-22(26(35)29-17-9-4-3-5-10-17)37-27-30-20-13-7-6-12-19(20)24-31-25(34)21(32(24)27)15-23(33)28-16-18-11-8-14-36-18/h6-8,11-14,17,21-22H,2-5,9-10,15-16H2,1H3,(H,28,33)(H,29,35). The number of thiophene rings is 1. The molecule has 0 radical (unpaired) electrons. The molecule has 8 nitrogen and oxygen atoms in total. The van der Waals surface area contributed by atoms with Crippen molar-refractivity contribution >= 4 is 57.5 Å². The number of fused-ring (bicyclic) bond motifs is 3. The van der Waals surface area contributed by atoms with Crippen molar-refractivity contribution in [2.75, 3.05) is 0 Å². The highest BCUT2D eigenvalue weighted by Crippen LogP contribution is 2.36. The normalized spacial score (nSPS) is 20.0. The fraction of sp³-hybridized carbons (Fsp3) is 0.444. The van der Waals surface area contributed by atoms with Gasteiger partial charge in [0, 0.05) is 16.5 Å². The van der Waals surface area contributed by atoms with Gasteiger partial charge in [0.2, 0.25) is 11.8 Å². The lowest BCUT2D eigenvalue weighted by Crippen LogP contribution is -2.47. The van der Waals surface area contributed by atoms with Crippen LogP contribution in [-0.4, -0.2) is 51.0 Å². The van der Waals surface area contributed by atoms with Crippen LogP contribution >= 0.6 is 23.1 Å². The SMILES string of the molecule is CCC(SC1=Nc2ccccc2C2=NC(=O)C(CC(=O)NCc3cccs3)N12)C(=O)NC1CCCCC1. The maximum atomic E-state index is 13.2. The monoisotopic (exact) mass is 537 g/mol. The van der Waals surface area contributed by atoms with E-state index in [2.05, 4.69) is 15.6 Å². The number of amides is 3. The quantitative estimate of drug-likeness (QED) is 0.520. The number of hydrogen-bond donors (Lipinski definition) is 2. The van der Waals surface area contributed by atoms with Crippen molar-refractivity contribution < 1.29 is 14.4 Å². The summed E-state index contributed by atoms with van der Waals surface area (Å²) < 4.78 is 0. The van der Waals surface area contributed by atoms with Crippen molar-refractivity contribution in [2.24, 2.45) is 9.98 Å². The van der Waals surface area contributed by atoms with Crippen molar-refractivity contribution in [2.45, 2.75) is 75.7 Å². The summed E-state index contributed by atoms with van der Waals surface area (Å²) in [6.45, 7) is 2.40. The van der Waals surface area contributed by atoms with Gasteiger partial charge in [-0.1, -0.05) is 56.1 Å². The van der Waals surface area contributed by atoms with E-state index in [1.165, 1.54) is 18.2 Å². The molecule has 3 amide bonds. The maximum absolute atomic E-state index is 13.2. The fourth-order valence-corrected chi connectivity index (χ4v) is 6.64. The maximum Gasteiger partial charge on any atom is 0.271 e. The minimum absolute atomic E-state index is 0.00443. The third kappa shape index (κ3) is 5.80. The van der Waals surface area contributed by atoms with Crippen molar-refractivity contribution in [3.05, 3.63) is 52.2 Å². The minimum Gasteiger partial charge on any atom is -0.352 e. The molecule has 1 aromatic heterocycles. The van der Waals surface area contributed by atoms with Crippen molar-refractivity contribution in [3.63, 3.8) is 0 Å². The van der Waals surface area contributed by atoms with E-state index in [0.717, 1.165) is 36.1 Å². The zero-order valence-electron chi connectivity index (χ0n) is 20.8. The van der Waals surface area contributed by atoms with Gasteiger partial charge in [0.05, 0.1) is 23.9 Å². The molecule has 3 heterocycles. The van der Waals surface area contributed by atoms with Crippen molar-refractivity contribution in [3.8, 4) is 0 Å². The summed E-state index contributed by atoms with van der Waals surface area (Å²) >= 11 is 2.92. The molecule has 5 rings (SSSR count). The third-order valence-corrected chi connectivity index (χ3v) is 9.10. The molecule has 10 heteroatoms. The molecule has 3 aliphatic rings. The lowest BCUT2D eigenvalue weighted by molar-refractivity contribution is -0.126. The molecular formula is C27H31N5O3S2. The summed E-state index contributed by atoms with van der Waals surface area (Å²) in [5, 5.41) is 8.26. The zero-order chi connectivity index (χ0) is 25.8. The summed E-state index contributed by atoms with van der Waals surface area (Å²) in [7, 11) is 0. The molecular weight excluding hydrogens is 506 g/mol. The van der Waals surface area contributed by atoms with Crippen LogP contribution in [0.25, 0.3) is 0 Å². The Labute approximate surface area is 225 Å². The second kappa shape index (κ2) is 11.6. The molecule has 194 valence electrons. The van der Waals surface area contributed by atoms with E-state index in [9.17, 15) is 14.4 Å². The van der Waals surface area contributed by atoms with Gasteiger partial charge in [-0.2, -0.15) is 4.99 Å². The van der Waals surface area contributed by atoms with Crippen molar-refractivity contribution in [1.82, 2.24) is 15.5 Å². The first-order chi connectivity index (χ1) is 18.0. The van der Waals surface area contributed by atoms with Crippen LogP contribution in [0.15, 0.2) is 51.8 Å². The van der Waals surface area contributed by atoms with Gasteiger partial charge in [-0.3, -0.25) is 19.3 Å². The molecule has 0 saturated heterocycles. The van der Waals surface area contributed by atoms with Gasteiger partial charge in [0.1, 0.15) is 11.9 Å². The van der Waals surface area contributed by atoms with Crippen LogP contribution in [0, 0.1) is 0 Å². The lowest BCUT2D eigenvalue weighted by Gasteiger charge is -2.32. The Kier molecular flexibility index (Phi) is 8.05. The van der Waals surface area contributed by atoms with Gasteiger partial charge in [0.25, 0.3) is 5.91 Å². The molecule has 2 aliphatic heterocycles. The number of para-hydroxylation sites is 1. The minimum atomic E-state index is -0.795. The fourth-order valence-electron chi connectivity index (χ4n) is 4.92. The molecule has 37 heavy (non-hydrogen) atoms. The van der Waals surface area contributed by atoms with Crippen LogP contribution in [0.1, 0.15) is 62.3 Å². The predicted molar refractivity (Wildman–Crippen MR) is 148 cm³/mol. The Morgan fingerprint density at radius 1 is 1.14 bits per heavy atom. The Hall–Kier alpha value is -2.98. The topological polar surface area (TPSA) is 103 Å². The predicted octanol–water partition coefficient (Wildman–Crippen LogP) is 4.37. The van der Waals surface area contributed by atoms with Crippen LogP contribution in [0.4, 0.5) is 5.69 Å². The Morgan fingerprint density at radius 3 is 2.70 bits per heavy atom. The first kappa shape index (κ1) is 25.7. The van der Waals surface area contributed by atoms with Gasteiger partial charge in [-0.25, -0.2) is 4.99 Å². The van der Waals surface area contributed by atoms with Gasteiger partial charge in [-0.05, 0) is 42.8 Å². The highest BCUT2D eigenvalue weighted by molar-refractivity contribution is 8.15. The largest absolute Gasteiger partial charge is 0.352 e. The molecule has 0 bridgehead atoms. The number of rotatable bonds is 8. The van der Waals surface area contributed by atoms with Gasteiger partial charge in [0.15, 0.2) is 5.17 Å². The first-order valence-corrected chi connectivity index (χ1v) is 14.7. The van der Waals surface area contributed by atoms with E-state index >= 15 is 0 Å². The Bertz CT molecular complexity index is 1220. The number of thioether (sulfide) groups is 1. The van der Waals surface area contributed by atoms with Crippen LogP contribution in [-0.2, 0) is 20.9 Å². The highest BCUT2D eigenvalue weighted by atomic mass is 32.2. The number of benzene rings is 1. The molecule has 0 spiro atoms. The number of aliphatic imine (C=N–C) groups is 2. The van der Waals surface area contributed by atoms with Gasteiger partial charge in [-0.15, -0.1) is 11.3 Å². The van der Waals surface area contributed by atoms with E-state index in [-0.39, 0.29) is 35.4 Å². The average molecular weight is 538 g/mol. The number of nitrogens with zero attached hydrogens (tertiary/aromatic N) is 3. The highest BCUT2D eigenvalue weighted by Gasteiger charge is 2.43. The average Bonchev–Trinajstić information content (AvgIpc) is 3.55. The van der Waals surface area contributed by atoms with Crippen molar-refractivity contribution in [1.29, 1.82) is 0 Å². The van der Waals surface area contributed by atoms with E-state index < -0.39 is 6.04 Å². The molecule has 1 saturated carbocycles. The summed E-state index contributed by atoms with van der Waals surface area (Å²) in [4.78, 5) is 51.1. The summed E-state index contributed by atoms with van der Waals surface area (Å²) in [6.07, 6.45) is 6.12. The molecule has 1 aliphatic carbocycles. The van der Waals surface area contributed by atoms with E-state index in [1.54, 1.807) is 16.2 Å². The first-order valence-electron chi connectivity index (χ1n) is 12.9. The molecule has 1 fully saturated rings. The number of carbonyl (C=O) groups excluding carboxylic acids is 3. The number of nitrogens with one attached hydrogen (secondary N) is 2. The van der Waals surface area contributed by atoms with Crippen LogP contribution in [0.5, 0.6) is 0 Å². The number of carbonyl (C=O) groups is 3. The molecule has 1 aromatic carbocycles. The molecule has 2 aromatic rings. The van der Waals surface area contributed by atoms with Gasteiger partial charge >= 0.3 is 0 Å². The zero-order valence-corrected chi connectivity index (χ0v) is 22.4. The van der Waals surface area contributed by atoms with Gasteiger partial charge < -0.3 is 10.6 Å². The second-order valence-electron chi connectivity index (χ2n) is 9.49. The lowest BCUT2D eigenvalue weighted by atomic mass is 9.95. The summed E-state index contributed by atoms with van der Waals surface area (Å²) in [5.74, 6) is -0.105. The number of amidine groups is 2. The summed E-state index contributed by atoms with van der Waals surface area (Å²) in [6, 6.07) is 10.8. The number of hydrogen-bond acceptors (Lipinski definition) is 7. The summed E-state index contributed by atoms with van der Waals surface area (Å²) in [5.41, 5.74) is 1.46. The Morgan fingerprint density at radius 2 is 1.95 bits per heavy atom. The molecule has 2 N–H and O–H groups in total. The second-order valence-corrected chi connectivity index (χ2v) is 11.7. The Balaban J connectivity index is 1.35. The van der Waals surface area contributed by atoms with E-state index in [4.69, 9.17) is 4.99 Å². The van der Waals surface area contributed by atoms with E-state index in [1.807, 2.05) is 48.7 Å². The van der Waals surface area contributed by atoms with Crippen LogP contribution in [0.2, 0.25) is 0 Å². The molecule has 2 unspecified atom stereocenters. The van der Waals surface area contributed by atoms with E-state index in [0.29, 0.717) is 29.7 Å². The van der Waals surface area contributed by atoms with Crippen LogP contribution in [0.3, 0.4) is 0 Å².